The van der Waals surface area contributed by atoms with Crippen molar-refractivity contribution in [3.8, 4) is 0 Å². The number of rotatable bonds is 4. The predicted molar refractivity (Wildman–Crippen MR) is 62.7 cm³/mol. The Morgan fingerprint density at radius 3 is 3.00 bits per heavy atom. The maximum absolute atomic E-state index is 13.3. The van der Waals surface area contributed by atoms with Gasteiger partial charge in [-0.05, 0) is 15.9 Å². The fourth-order valence-electron chi connectivity index (χ4n) is 1.28. The molecule has 0 atom stereocenters. The minimum atomic E-state index is -1.25. The van der Waals surface area contributed by atoms with E-state index in [1.165, 1.54) is 6.26 Å². The third kappa shape index (κ3) is 2.65. The van der Waals surface area contributed by atoms with Crippen LogP contribution in [0.5, 0.6) is 0 Å². The molecule has 0 spiro atoms. The number of anilines is 1. The summed E-state index contributed by atoms with van der Waals surface area (Å²) in [5.41, 5.74) is 0.368. The summed E-state index contributed by atoms with van der Waals surface area (Å²) in [7, 11) is 0. The molecule has 2 N–H and O–H groups in total. The third-order valence-electron chi connectivity index (χ3n) is 2.09. The third-order valence-corrected chi connectivity index (χ3v) is 2.64. The number of nitrogens with one attached hydrogen (secondary N) is 1. The van der Waals surface area contributed by atoms with Gasteiger partial charge in [0.15, 0.2) is 11.5 Å². The SMILES string of the molecule is O=C(O)c1nc(Br)c(F)cc1NCc1ccon1. The average molecular weight is 316 g/mol. The molecule has 0 aliphatic rings. The highest BCUT2D eigenvalue weighted by atomic mass is 79.9. The number of aromatic carboxylic acids is 1. The van der Waals surface area contributed by atoms with Crippen LogP contribution in [-0.4, -0.2) is 21.2 Å². The van der Waals surface area contributed by atoms with Crippen molar-refractivity contribution in [3.63, 3.8) is 0 Å². The van der Waals surface area contributed by atoms with Crippen LogP contribution in [0.15, 0.2) is 27.5 Å². The van der Waals surface area contributed by atoms with Crippen LogP contribution in [0.1, 0.15) is 16.2 Å². The van der Waals surface area contributed by atoms with Gasteiger partial charge in [0.25, 0.3) is 0 Å². The van der Waals surface area contributed by atoms with E-state index in [1.54, 1.807) is 6.07 Å². The lowest BCUT2D eigenvalue weighted by Crippen LogP contribution is -2.10. The number of carboxylic acid groups (broad SMARTS) is 1. The van der Waals surface area contributed by atoms with Crippen LogP contribution in [0.25, 0.3) is 0 Å². The lowest BCUT2D eigenvalue weighted by atomic mass is 10.3. The second-order valence-electron chi connectivity index (χ2n) is 3.31. The quantitative estimate of drug-likeness (QED) is 0.841. The summed E-state index contributed by atoms with van der Waals surface area (Å²) in [5.74, 6) is -1.90. The van der Waals surface area contributed by atoms with Crippen LogP contribution >= 0.6 is 15.9 Å². The van der Waals surface area contributed by atoms with Gasteiger partial charge in [0, 0.05) is 12.1 Å². The van der Waals surface area contributed by atoms with Crippen LogP contribution in [0.2, 0.25) is 0 Å². The van der Waals surface area contributed by atoms with Crippen LogP contribution in [-0.2, 0) is 6.54 Å². The topological polar surface area (TPSA) is 88.2 Å². The Labute approximate surface area is 109 Å². The van der Waals surface area contributed by atoms with Gasteiger partial charge in [-0.1, -0.05) is 5.16 Å². The minimum Gasteiger partial charge on any atom is -0.476 e. The molecule has 0 unspecified atom stereocenters. The summed E-state index contributed by atoms with van der Waals surface area (Å²) in [5, 5.41) is 15.3. The van der Waals surface area contributed by atoms with Crippen molar-refractivity contribution in [1.29, 1.82) is 0 Å². The minimum absolute atomic E-state index is 0.0752. The number of pyridine rings is 1. The maximum Gasteiger partial charge on any atom is 0.356 e. The van der Waals surface area contributed by atoms with Gasteiger partial charge >= 0.3 is 5.97 Å². The highest BCUT2D eigenvalue weighted by molar-refractivity contribution is 9.10. The fraction of sp³-hybridized carbons (Fsp3) is 0.100. The summed E-state index contributed by atoms with van der Waals surface area (Å²) >= 11 is 2.83. The summed E-state index contributed by atoms with van der Waals surface area (Å²) in [6, 6.07) is 2.66. The predicted octanol–water partition coefficient (Wildman–Crippen LogP) is 2.28. The number of hydrogen-bond acceptors (Lipinski definition) is 5. The van der Waals surface area contributed by atoms with Crippen LogP contribution in [0, 0.1) is 5.82 Å². The molecule has 0 saturated carbocycles. The molecule has 18 heavy (non-hydrogen) atoms. The maximum atomic E-state index is 13.3. The van der Waals surface area contributed by atoms with Gasteiger partial charge in [0.05, 0.1) is 12.2 Å². The summed E-state index contributed by atoms with van der Waals surface area (Å²) in [6.45, 7) is 0.208. The molecule has 0 aromatic carbocycles. The monoisotopic (exact) mass is 315 g/mol. The molecule has 6 nitrogen and oxygen atoms in total. The van der Waals surface area contributed by atoms with Gasteiger partial charge in [0.1, 0.15) is 16.6 Å². The second-order valence-corrected chi connectivity index (χ2v) is 4.06. The van der Waals surface area contributed by atoms with Crippen molar-refractivity contribution < 1.29 is 18.8 Å². The van der Waals surface area contributed by atoms with E-state index in [1.807, 2.05) is 0 Å². The second kappa shape index (κ2) is 5.13. The van der Waals surface area contributed by atoms with E-state index in [0.717, 1.165) is 6.07 Å². The first-order valence-electron chi connectivity index (χ1n) is 4.80. The Morgan fingerprint density at radius 1 is 1.61 bits per heavy atom. The van der Waals surface area contributed by atoms with E-state index in [4.69, 9.17) is 5.11 Å². The van der Waals surface area contributed by atoms with Gasteiger partial charge in [-0.25, -0.2) is 14.2 Å². The van der Waals surface area contributed by atoms with Gasteiger partial charge < -0.3 is 14.9 Å². The summed E-state index contributed by atoms with van der Waals surface area (Å²) < 4.78 is 17.8. The largest absolute Gasteiger partial charge is 0.476 e. The van der Waals surface area contributed by atoms with Crippen molar-refractivity contribution >= 4 is 27.6 Å². The molecular weight excluding hydrogens is 309 g/mol. The summed E-state index contributed by atoms with van der Waals surface area (Å²) in [4.78, 5) is 14.6. The zero-order valence-corrected chi connectivity index (χ0v) is 10.4. The fourth-order valence-corrected chi connectivity index (χ4v) is 1.57. The number of nitrogens with zero attached hydrogens (tertiary/aromatic N) is 2. The number of halogens is 2. The van der Waals surface area contributed by atoms with Crippen LogP contribution in [0.3, 0.4) is 0 Å². The van der Waals surface area contributed by atoms with Gasteiger partial charge in [-0.2, -0.15) is 0 Å². The lowest BCUT2D eigenvalue weighted by Gasteiger charge is -2.08. The molecule has 0 saturated heterocycles. The summed E-state index contributed by atoms with van der Waals surface area (Å²) in [6.07, 6.45) is 1.38. The van der Waals surface area contributed by atoms with Crippen molar-refractivity contribution in [2.75, 3.05) is 5.32 Å². The Morgan fingerprint density at radius 2 is 2.39 bits per heavy atom. The van der Waals surface area contributed by atoms with Crippen molar-refractivity contribution in [3.05, 3.63) is 40.2 Å². The van der Waals surface area contributed by atoms with Gasteiger partial charge in [-0.15, -0.1) is 0 Å². The zero-order chi connectivity index (χ0) is 13.1. The van der Waals surface area contributed by atoms with Crippen LogP contribution < -0.4 is 5.32 Å². The van der Waals surface area contributed by atoms with Gasteiger partial charge in [-0.3, -0.25) is 0 Å². The molecule has 0 bridgehead atoms. The molecular formula is C10H7BrFN3O3. The molecule has 2 aromatic heterocycles. The molecule has 0 fully saturated rings. The average Bonchev–Trinajstić information content (AvgIpc) is 2.83. The van der Waals surface area contributed by atoms with E-state index < -0.39 is 11.8 Å². The first-order valence-corrected chi connectivity index (χ1v) is 5.59. The Balaban J connectivity index is 2.25. The Bertz CT molecular complexity index is 574. The number of carbonyl (C=O) groups is 1. The zero-order valence-electron chi connectivity index (χ0n) is 8.85. The Kier molecular flexibility index (Phi) is 3.56. The molecule has 2 heterocycles. The molecule has 2 rings (SSSR count). The number of hydrogen-bond donors (Lipinski definition) is 2. The van der Waals surface area contributed by atoms with Crippen molar-refractivity contribution in [2.24, 2.45) is 0 Å². The normalized spacial score (nSPS) is 10.3. The van der Waals surface area contributed by atoms with Crippen molar-refractivity contribution in [2.45, 2.75) is 6.54 Å². The van der Waals surface area contributed by atoms with Crippen molar-refractivity contribution in [1.82, 2.24) is 10.1 Å². The standard InChI is InChI=1S/C10H7BrFN3O3/c11-9-6(12)3-7(8(14-9)10(16)17)13-4-5-1-2-18-15-5/h1-3,13H,4H2,(H,16,17). The molecule has 0 radical (unpaired) electrons. The molecule has 0 aliphatic carbocycles. The van der Waals surface area contributed by atoms with E-state index in [-0.39, 0.29) is 22.5 Å². The molecule has 2 aromatic rings. The Hall–Kier alpha value is -1.96. The first-order chi connectivity index (χ1) is 8.58. The number of aromatic nitrogens is 2. The van der Waals surface area contributed by atoms with E-state index in [0.29, 0.717) is 5.69 Å². The molecule has 94 valence electrons. The van der Waals surface area contributed by atoms with E-state index in [9.17, 15) is 9.18 Å². The smallest absolute Gasteiger partial charge is 0.356 e. The van der Waals surface area contributed by atoms with Gasteiger partial charge in [0.2, 0.25) is 0 Å². The molecule has 0 amide bonds. The highest BCUT2D eigenvalue weighted by Crippen LogP contribution is 2.21. The highest BCUT2D eigenvalue weighted by Gasteiger charge is 2.16. The first kappa shape index (κ1) is 12.5. The van der Waals surface area contributed by atoms with Crippen LogP contribution in [0.4, 0.5) is 10.1 Å². The molecule has 0 aliphatic heterocycles. The lowest BCUT2D eigenvalue weighted by molar-refractivity contribution is 0.0691. The van der Waals surface area contributed by atoms with E-state index >= 15 is 0 Å². The van der Waals surface area contributed by atoms with E-state index in [2.05, 4.69) is 35.9 Å². The molecule has 8 heteroatoms. The number of carboxylic acids is 1.